The number of likely N-dealkylation sites (N-methyl/N-ethyl adjacent to an activating group) is 1. The molecule has 1 atom stereocenters. The van der Waals surface area contributed by atoms with Gasteiger partial charge in [0.05, 0.1) is 18.4 Å². The zero-order valence-corrected chi connectivity index (χ0v) is 9.76. The molecule has 0 heterocycles. The quantitative estimate of drug-likeness (QED) is 0.615. The van der Waals surface area contributed by atoms with Crippen LogP contribution in [0.5, 0.6) is 0 Å². The van der Waals surface area contributed by atoms with Crippen LogP contribution in [0.15, 0.2) is 0 Å². The first-order valence-electron chi connectivity index (χ1n) is 4.70. The molecule has 1 unspecified atom stereocenters. The summed E-state index contributed by atoms with van der Waals surface area (Å²) in [7, 11) is 3.75. The Morgan fingerprint density at radius 1 is 1.31 bits per heavy atom. The highest BCUT2D eigenvalue weighted by Crippen LogP contribution is 2.07. The Morgan fingerprint density at radius 2 is 1.85 bits per heavy atom. The molecular formula is C10H23NO2. The van der Waals surface area contributed by atoms with Gasteiger partial charge in [-0.15, -0.1) is 0 Å². The van der Waals surface area contributed by atoms with Crippen LogP contribution < -0.4 is 0 Å². The summed E-state index contributed by atoms with van der Waals surface area (Å²) in [5.74, 6) is 0. The summed E-state index contributed by atoms with van der Waals surface area (Å²) >= 11 is 0. The van der Waals surface area contributed by atoms with E-state index in [1.807, 2.05) is 14.0 Å². The lowest BCUT2D eigenvalue weighted by atomic mass is 10.2. The van der Waals surface area contributed by atoms with Gasteiger partial charge in [0.1, 0.15) is 0 Å². The van der Waals surface area contributed by atoms with E-state index in [4.69, 9.17) is 9.47 Å². The molecule has 0 saturated heterocycles. The van der Waals surface area contributed by atoms with E-state index in [1.165, 1.54) is 0 Å². The lowest BCUT2D eigenvalue weighted by Gasteiger charge is -2.26. The van der Waals surface area contributed by atoms with Gasteiger partial charge in [-0.2, -0.15) is 0 Å². The molecule has 0 amide bonds. The smallest absolute Gasteiger partial charge is 0.0995 e. The first-order valence-corrected chi connectivity index (χ1v) is 4.70. The Labute approximate surface area is 82.0 Å². The van der Waals surface area contributed by atoms with Crippen LogP contribution in [0.25, 0.3) is 0 Å². The largest absolute Gasteiger partial charge is 0.380 e. The van der Waals surface area contributed by atoms with E-state index in [9.17, 15) is 0 Å². The Balaban J connectivity index is 3.57. The van der Waals surface area contributed by atoms with Gasteiger partial charge in [0.15, 0.2) is 0 Å². The molecule has 0 aliphatic rings. The number of rotatable bonds is 5. The first-order chi connectivity index (χ1) is 5.85. The molecule has 0 rings (SSSR count). The average Bonchev–Trinajstić information content (AvgIpc) is 1.99. The van der Waals surface area contributed by atoms with Gasteiger partial charge >= 0.3 is 0 Å². The van der Waals surface area contributed by atoms with Gasteiger partial charge in [-0.3, -0.25) is 4.90 Å². The lowest BCUT2D eigenvalue weighted by Crippen LogP contribution is -2.34. The van der Waals surface area contributed by atoms with E-state index in [1.54, 1.807) is 7.11 Å². The van der Waals surface area contributed by atoms with Gasteiger partial charge in [-0.05, 0) is 34.7 Å². The third kappa shape index (κ3) is 8.22. The Kier molecular flexibility index (Phi) is 5.53. The van der Waals surface area contributed by atoms with Crippen molar-refractivity contribution < 1.29 is 9.47 Å². The number of hydrogen-bond acceptors (Lipinski definition) is 3. The molecule has 3 heteroatoms. The SMILES string of the molecule is COC(C)CN(C)COC(C)(C)C. The van der Waals surface area contributed by atoms with Crippen LogP contribution in [0, 0.1) is 0 Å². The van der Waals surface area contributed by atoms with Crippen molar-refractivity contribution in [2.24, 2.45) is 0 Å². The molecule has 0 fully saturated rings. The highest BCUT2D eigenvalue weighted by molar-refractivity contribution is 4.60. The van der Waals surface area contributed by atoms with Crippen molar-refractivity contribution >= 4 is 0 Å². The predicted molar refractivity (Wildman–Crippen MR) is 54.8 cm³/mol. The number of hydrogen-bond donors (Lipinski definition) is 0. The van der Waals surface area contributed by atoms with Gasteiger partial charge in [0.2, 0.25) is 0 Å². The lowest BCUT2D eigenvalue weighted by molar-refractivity contribution is -0.0657. The third-order valence-corrected chi connectivity index (χ3v) is 1.69. The zero-order chi connectivity index (χ0) is 10.5. The second-order valence-electron chi connectivity index (χ2n) is 4.47. The molecular weight excluding hydrogens is 166 g/mol. The normalized spacial score (nSPS) is 15.0. The molecule has 0 aromatic carbocycles. The minimum Gasteiger partial charge on any atom is -0.380 e. The Hall–Kier alpha value is -0.120. The fourth-order valence-corrected chi connectivity index (χ4v) is 0.870. The van der Waals surface area contributed by atoms with Crippen LogP contribution in [0.3, 0.4) is 0 Å². The second-order valence-corrected chi connectivity index (χ2v) is 4.47. The molecule has 80 valence electrons. The minimum atomic E-state index is -0.0649. The van der Waals surface area contributed by atoms with Crippen LogP contribution >= 0.6 is 0 Å². The second kappa shape index (κ2) is 5.58. The third-order valence-electron chi connectivity index (χ3n) is 1.69. The fraction of sp³-hybridized carbons (Fsp3) is 1.00. The van der Waals surface area contributed by atoms with Crippen molar-refractivity contribution in [2.45, 2.75) is 39.4 Å². The Morgan fingerprint density at radius 3 is 2.23 bits per heavy atom. The van der Waals surface area contributed by atoms with E-state index >= 15 is 0 Å². The van der Waals surface area contributed by atoms with E-state index < -0.39 is 0 Å². The van der Waals surface area contributed by atoms with E-state index in [0.717, 1.165) is 6.54 Å². The van der Waals surface area contributed by atoms with Crippen LogP contribution in [0.4, 0.5) is 0 Å². The number of ether oxygens (including phenoxy) is 2. The molecule has 0 saturated carbocycles. The molecule has 0 aromatic rings. The highest BCUT2D eigenvalue weighted by atomic mass is 16.5. The van der Waals surface area contributed by atoms with Gasteiger partial charge in [-0.25, -0.2) is 0 Å². The Bertz CT molecular complexity index is 131. The summed E-state index contributed by atoms with van der Waals surface area (Å²) in [5.41, 5.74) is -0.0649. The summed E-state index contributed by atoms with van der Waals surface area (Å²) in [6.07, 6.45) is 0.258. The van der Waals surface area contributed by atoms with Crippen molar-refractivity contribution in [2.75, 3.05) is 27.4 Å². The monoisotopic (exact) mass is 189 g/mol. The van der Waals surface area contributed by atoms with E-state index in [0.29, 0.717) is 6.73 Å². The number of nitrogens with zero attached hydrogens (tertiary/aromatic N) is 1. The van der Waals surface area contributed by atoms with Gasteiger partial charge in [0, 0.05) is 13.7 Å². The van der Waals surface area contributed by atoms with Crippen molar-refractivity contribution in [1.29, 1.82) is 0 Å². The van der Waals surface area contributed by atoms with E-state index in [2.05, 4.69) is 25.7 Å². The summed E-state index contributed by atoms with van der Waals surface area (Å²) < 4.78 is 10.8. The van der Waals surface area contributed by atoms with Crippen LogP contribution in [0.1, 0.15) is 27.7 Å². The van der Waals surface area contributed by atoms with Crippen molar-refractivity contribution in [3.05, 3.63) is 0 Å². The van der Waals surface area contributed by atoms with Crippen molar-refractivity contribution in [3.8, 4) is 0 Å². The zero-order valence-electron chi connectivity index (χ0n) is 9.76. The standard InChI is InChI=1S/C10H23NO2/c1-9(12-6)7-11(5)8-13-10(2,3)4/h9H,7-8H2,1-6H3. The highest BCUT2D eigenvalue weighted by Gasteiger charge is 2.12. The van der Waals surface area contributed by atoms with Gasteiger partial charge in [0.25, 0.3) is 0 Å². The maximum absolute atomic E-state index is 5.61. The average molecular weight is 189 g/mol. The molecule has 0 aliphatic carbocycles. The molecule has 13 heavy (non-hydrogen) atoms. The molecule has 0 aliphatic heterocycles. The predicted octanol–water partition coefficient (Wildman–Crippen LogP) is 1.73. The summed E-state index contributed by atoms with van der Waals surface area (Å²) in [5, 5.41) is 0. The summed E-state index contributed by atoms with van der Waals surface area (Å²) in [6, 6.07) is 0. The first kappa shape index (κ1) is 12.9. The molecule has 0 bridgehead atoms. The summed E-state index contributed by atoms with van der Waals surface area (Å²) in [6.45, 7) is 9.76. The van der Waals surface area contributed by atoms with Crippen LogP contribution in [0.2, 0.25) is 0 Å². The molecule has 0 aromatic heterocycles. The maximum Gasteiger partial charge on any atom is 0.0995 e. The summed E-state index contributed by atoms with van der Waals surface area (Å²) in [4.78, 5) is 2.11. The fourth-order valence-electron chi connectivity index (χ4n) is 0.870. The minimum absolute atomic E-state index is 0.0649. The van der Waals surface area contributed by atoms with Crippen molar-refractivity contribution in [3.63, 3.8) is 0 Å². The molecule has 0 N–H and O–H groups in total. The molecule has 3 nitrogen and oxygen atoms in total. The van der Waals surface area contributed by atoms with Gasteiger partial charge in [-0.1, -0.05) is 0 Å². The van der Waals surface area contributed by atoms with Crippen LogP contribution in [-0.2, 0) is 9.47 Å². The molecule has 0 spiro atoms. The topological polar surface area (TPSA) is 21.7 Å². The van der Waals surface area contributed by atoms with Crippen LogP contribution in [-0.4, -0.2) is 44.0 Å². The maximum atomic E-state index is 5.61. The van der Waals surface area contributed by atoms with E-state index in [-0.39, 0.29) is 11.7 Å². The van der Waals surface area contributed by atoms with Crippen molar-refractivity contribution in [1.82, 2.24) is 4.90 Å². The number of methoxy groups -OCH3 is 1. The van der Waals surface area contributed by atoms with Gasteiger partial charge < -0.3 is 9.47 Å². The molecule has 0 radical (unpaired) electrons.